The number of aryl methyl sites for hydroxylation is 1. The predicted molar refractivity (Wildman–Crippen MR) is 117 cm³/mol. The van der Waals surface area contributed by atoms with Crippen LogP contribution in [0.5, 0.6) is 11.5 Å². The monoisotopic (exact) mass is 461 g/mol. The molecule has 0 saturated heterocycles. The SMILES string of the molecule is COc1ccc(Nc2cc(C)nc(NCCNC(=O)c3cccc(OC(F)(F)F)c3)n2)cc1. The van der Waals surface area contributed by atoms with Gasteiger partial charge in [0.15, 0.2) is 0 Å². The van der Waals surface area contributed by atoms with Gasteiger partial charge < -0.3 is 25.4 Å². The van der Waals surface area contributed by atoms with Crippen LogP contribution in [0.1, 0.15) is 16.1 Å². The maximum Gasteiger partial charge on any atom is 0.573 e. The summed E-state index contributed by atoms with van der Waals surface area (Å²) in [5.41, 5.74) is 1.60. The Balaban J connectivity index is 1.52. The van der Waals surface area contributed by atoms with Crippen LogP contribution in [0.2, 0.25) is 0 Å². The summed E-state index contributed by atoms with van der Waals surface area (Å²) in [5.74, 6) is 0.694. The number of rotatable bonds is 9. The Hall–Kier alpha value is -4.02. The molecule has 0 aliphatic rings. The summed E-state index contributed by atoms with van der Waals surface area (Å²) in [5, 5.41) is 8.81. The predicted octanol–water partition coefficient (Wildman–Crippen LogP) is 4.28. The average Bonchev–Trinajstić information content (AvgIpc) is 2.76. The summed E-state index contributed by atoms with van der Waals surface area (Å²) in [7, 11) is 1.59. The van der Waals surface area contributed by atoms with Gasteiger partial charge >= 0.3 is 6.36 Å². The van der Waals surface area contributed by atoms with E-state index in [9.17, 15) is 18.0 Å². The van der Waals surface area contributed by atoms with E-state index in [1.165, 1.54) is 12.1 Å². The molecule has 1 aromatic heterocycles. The van der Waals surface area contributed by atoms with Gasteiger partial charge in [-0.15, -0.1) is 13.2 Å². The Morgan fingerprint density at radius 1 is 1.00 bits per heavy atom. The number of ether oxygens (including phenoxy) is 2. The number of anilines is 3. The fraction of sp³-hybridized carbons (Fsp3) is 0.227. The minimum absolute atomic E-state index is 0.0505. The van der Waals surface area contributed by atoms with Gasteiger partial charge in [0.1, 0.15) is 17.3 Å². The van der Waals surface area contributed by atoms with Gasteiger partial charge in [0, 0.05) is 36.1 Å². The number of carbonyl (C=O) groups excluding carboxylic acids is 1. The first-order valence-corrected chi connectivity index (χ1v) is 9.86. The first-order valence-electron chi connectivity index (χ1n) is 9.86. The third-order valence-corrected chi connectivity index (χ3v) is 4.24. The van der Waals surface area contributed by atoms with Gasteiger partial charge in [-0.05, 0) is 49.4 Å². The molecule has 1 amide bonds. The number of nitrogens with zero attached hydrogens (tertiary/aromatic N) is 2. The zero-order valence-corrected chi connectivity index (χ0v) is 17.9. The molecule has 0 saturated carbocycles. The van der Waals surface area contributed by atoms with Crippen LogP contribution in [-0.2, 0) is 0 Å². The quantitative estimate of drug-likeness (QED) is 0.409. The van der Waals surface area contributed by atoms with Gasteiger partial charge in [-0.3, -0.25) is 4.79 Å². The molecule has 0 aliphatic heterocycles. The van der Waals surface area contributed by atoms with Crippen molar-refractivity contribution < 1.29 is 27.4 Å². The highest BCUT2D eigenvalue weighted by molar-refractivity contribution is 5.94. The molecule has 0 unspecified atom stereocenters. The van der Waals surface area contributed by atoms with Gasteiger partial charge in [0.2, 0.25) is 5.95 Å². The molecule has 3 N–H and O–H groups in total. The lowest BCUT2D eigenvalue weighted by molar-refractivity contribution is -0.274. The summed E-state index contributed by atoms with van der Waals surface area (Å²) in [6, 6.07) is 14.0. The van der Waals surface area contributed by atoms with E-state index in [2.05, 4.69) is 30.7 Å². The number of halogens is 3. The van der Waals surface area contributed by atoms with E-state index < -0.39 is 18.0 Å². The van der Waals surface area contributed by atoms with Crippen molar-refractivity contribution in [3.05, 3.63) is 65.9 Å². The highest BCUT2D eigenvalue weighted by atomic mass is 19.4. The summed E-state index contributed by atoms with van der Waals surface area (Å²) in [4.78, 5) is 20.9. The summed E-state index contributed by atoms with van der Waals surface area (Å²) < 4.78 is 46.0. The molecule has 3 rings (SSSR count). The van der Waals surface area contributed by atoms with Gasteiger partial charge in [0.25, 0.3) is 5.91 Å². The number of alkyl halides is 3. The summed E-state index contributed by atoms with van der Waals surface area (Å²) in [6.07, 6.45) is -4.83. The van der Waals surface area contributed by atoms with Crippen LogP contribution in [0, 0.1) is 6.92 Å². The van der Waals surface area contributed by atoms with E-state index in [0.29, 0.717) is 18.3 Å². The second-order valence-electron chi connectivity index (χ2n) is 6.83. The lowest BCUT2D eigenvalue weighted by Crippen LogP contribution is -2.29. The number of hydrogen-bond acceptors (Lipinski definition) is 7. The molecule has 3 aromatic rings. The van der Waals surface area contributed by atoms with Crippen LogP contribution >= 0.6 is 0 Å². The van der Waals surface area contributed by atoms with Crippen LogP contribution in [0.25, 0.3) is 0 Å². The molecule has 0 radical (unpaired) electrons. The lowest BCUT2D eigenvalue weighted by atomic mass is 10.2. The second kappa shape index (κ2) is 10.5. The van der Waals surface area contributed by atoms with Crippen LogP contribution < -0.4 is 25.4 Å². The number of carbonyl (C=O) groups is 1. The molecular weight excluding hydrogens is 439 g/mol. The Kier molecular flexibility index (Phi) is 7.54. The van der Waals surface area contributed by atoms with Crippen LogP contribution in [0.4, 0.5) is 30.6 Å². The minimum Gasteiger partial charge on any atom is -0.497 e. The average molecular weight is 461 g/mol. The van der Waals surface area contributed by atoms with E-state index >= 15 is 0 Å². The van der Waals surface area contributed by atoms with Crippen molar-refractivity contribution in [1.82, 2.24) is 15.3 Å². The zero-order valence-electron chi connectivity index (χ0n) is 17.9. The molecule has 174 valence electrons. The van der Waals surface area contributed by atoms with E-state index in [4.69, 9.17) is 4.74 Å². The maximum atomic E-state index is 12.3. The van der Waals surface area contributed by atoms with E-state index in [0.717, 1.165) is 29.3 Å². The molecule has 0 bridgehead atoms. The molecule has 0 spiro atoms. The minimum atomic E-state index is -4.83. The Labute approximate surface area is 188 Å². The largest absolute Gasteiger partial charge is 0.573 e. The van der Waals surface area contributed by atoms with E-state index in [1.54, 1.807) is 13.2 Å². The fourth-order valence-corrected chi connectivity index (χ4v) is 2.82. The third-order valence-electron chi connectivity index (χ3n) is 4.24. The zero-order chi connectivity index (χ0) is 23.8. The van der Waals surface area contributed by atoms with Crippen LogP contribution in [0.15, 0.2) is 54.6 Å². The van der Waals surface area contributed by atoms with Crippen molar-refractivity contribution in [2.24, 2.45) is 0 Å². The molecular formula is C22H22F3N5O3. The third kappa shape index (κ3) is 7.56. The molecule has 0 atom stereocenters. The van der Waals surface area contributed by atoms with Crippen molar-refractivity contribution in [2.45, 2.75) is 13.3 Å². The standard InChI is InChI=1S/C22H22F3N5O3/c1-14-12-19(29-16-6-8-17(32-2)9-7-16)30-21(28-14)27-11-10-26-20(31)15-4-3-5-18(13-15)33-22(23,24)25/h3-9,12-13H,10-11H2,1-2H3,(H,26,31)(H2,27,28,29,30). The molecule has 0 aliphatic carbocycles. The number of benzene rings is 2. The number of aromatic nitrogens is 2. The summed E-state index contributed by atoms with van der Waals surface area (Å²) in [6.45, 7) is 2.32. The van der Waals surface area contributed by atoms with Crippen molar-refractivity contribution >= 4 is 23.4 Å². The van der Waals surface area contributed by atoms with Gasteiger partial charge in [-0.2, -0.15) is 4.98 Å². The molecule has 33 heavy (non-hydrogen) atoms. The Morgan fingerprint density at radius 3 is 2.45 bits per heavy atom. The lowest BCUT2D eigenvalue weighted by Gasteiger charge is -2.12. The normalized spacial score (nSPS) is 10.9. The number of amides is 1. The smallest absolute Gasteiger partial charge is 0.497 e. The Bertz CT molecular complexity index is 1090. The first-order chi connectivity index (χ1) is 15.7. The molecule has 0 fully saturated rings. The fourth-order valence-electron chi connectivity index (χ4n) is 2.82. The van der Waals surface area contributed by atoms with E-state index in [-0.39, 0.29) is 12.1 Å². The van der Waals surface area contributed by atoms with Crippen molar-refractivity contribution in [1.29, 1.82) is 0 Å². The maximum absolute atomic E-state index is 12.3. The number of hydrogen-bond donors (Lipinski definition) is 3. The van der Waals surface area contributed by atoms with Gasteiger partial charge in [-0.1, -0.05) is 6.07 Å². The van der Waals surface area contributed by atoms with Crippen molar-refractivity contribution in [3.63, 3.8) is 0 Å². The molecule has 2 aromatic carbocycles. The molecule has 11 heteroatoms. The number of nitrogens with one attached hydrogen (secondary N) is 3. The molecule has 1 heterocycles. The van der Waals surface area contributed by atoms with Crippen LogP contribution in [-0.4, -0.2) is 42.4 Å². The second-order valence-corrected chi connectivity index (χ2v) is 6.83. The van der Waals surface area contributed by atoms with Crippen molar-refractivity contribution in [3.8, 4) is 11.5 Å². The highest BCUT2D eigenvalue weighted by Gasteiger charge is 2.31. The van der Waals surface area contributed by atoms with Crippen LogP contribution in [0.3, 0.4) is 0 Å². The first kappa shape index (κ1) is 23.6. The number of methoxy groups -OCH3 is 1. The van der Waals surface area contributed by atoms with Gasteiger partial charge in [-0.25, -0.2) is 4.98 Å². The molecule has 8 nitrogen and oxygen atoms in total. The highest BCUT2D eigenvalue weighted by Crippen LogP contribution is 2.23. The summed E-state index contributed by atoms with van der Waals surface area (Å²) >= 11 is 0. The van der Waals surface area contributed by atoms with Gasteiger partial charge in [0.05, 0.1) is 7.11 Å². The Morgan fingerprint density at radius 2 is 1.76 bits per heavy atom. The van der Waals surface area contributed by atoms with Crippen molar-refractivity contribution in [2.75, 3.05) is 30.8 Å². The van der Waals surface area contributed by atoms with E-state index in [1.807, 2.05) is 31.2 Å². The topological polar surface area (TPSA) is 97.4 Å².